The lowest BCUT2D eigenvalue weighted by molar-refractivity contribution is 0.0602. The minimum Gasteiger partial charge on any atom is -0.465 e. The molecule has 7 heteroatoms. The quantitative estimate of drug-likeness (QED) is 0.781. The van der Waals surface area contributed by atoms with E-state index in [9.17, 15) is 13.2 Å². The first-order valence-corrected chi connectivity index (χ1v) is 10.0. The van der Waals surface area contributed by atoms with Crippen molar-refractivity contribution in [3.8, 4) is 0 Å². The van der Waals surface area contributed by atoms with Crippen molar-refractivity contribution in [3.63, 3.8) is 0 Å². The zero-order valence-corrected chi connectivity index (χ0v) is 15.2. The molecule has 0 amide bonds. The molecule has 0 unspecified atom stereocenters. The monoisotopic (exact) mass is 365 g/mol. The van der Waals surface area contributed by atoms with Gasteiger partial charge in [-0.15, -0.1) is 11.3 Å². The molecule has 0 bridgehead atoms. The summed E-state index contributed by atoms with van der Waals surface area (Å²) in [7, 11) is -0.947. The Morgan fingerprint density at radius 3 is 2.79 bits per heavy atom. The summed E-state index contributed by atoms with van der Waals surface area (Å²) in [5, 5.41) is 1.60. The Morgan fingerprint density at radius 2 is 2.04 bits per heavy atom. The number of rotatable bonds is 4. The van der Waals surface area contributed by atoms with Gasteiger partial charge in [0.15, 0.2) is 0 Å². The molecule has 128 valence electrons. The van der Waals surface area contributed by atoms with Gasteiger partial charge in [0.1, 0.15) is 9.77 Å². The molecule has 1 aliphatic carbocycles. The first-order valence-electron chi connectivity index (χ1n) is 7.68. The van der Waals surface area contributed by atoms with Crippen LogP contribution in [0.15, 0.2) is 40.6 Å². The van der Waals surface area contributed by atoms with Gasteiger partial charge in [0.05, 0.1) is 7.11 Å². The fraction of sp³-hybridized carbons (Fsp3) is 0.353. The Hall–Kier alpha value is -1.70. The van der Waals surface area contributed by atoms with E-state index in [1.54, 1.807) is 12.4 Å². The van der Waals surface area contributed by atoms with E-state index in [0.717, 1.165) is 36.2 Å². The number of hydrogen-bond acceptors (Lipinski definition) is 5. The molecule has 1 aliphatic rings. The summed E-state index contributed by atoms with van der Waals surface area (Å²) in [4.78, 5) is 12.0. The second-order valence-corrected chi connectivity index (χ2v) is 8.62. The van der Waals surface area contributed by atoms with E-state index in [4.69, 9.17) is 4.74 Å². The lowest BCUT2D eigenvalue weighted by Gasteiger charge is -2.32. The van der Waals surface area contributed by atoms with Crippen molar-refractivity contribution >= 4 is 27.3 Å². The topological polar surface area (TPSA) is 63.7 Å². The Bertz CT molecular complexity index is 857. The van der Waals surface area contributed by atoms with Crippen LogP contribution >= 0.6 is 11.3 Å². The van der Waals surface area contributed by atoms with Crippen molar-refractivity contribution in [2.75, 3.05) is 14.2 Å². The summed E-state index contributed by atoms with van der Waals surface area (Å²) < 4.78 is 32.2. The molecule has 0 radical (unpaired) electrons. The summed E-state index contributed by atoms with van der Waals surface area (Å²) in [6, 6.07) is 9.20. The number of hydrogen-bond donors (Lipinski definition) is 0. The number of sulfonamides is 1. The molecule has 1 aromatic carbocycles. The van der Waals surface area contributed by atoms with E-state index >= 15 is 0 Å². The van der Waals surface area contributed by atoms with E-state index < -0.39 is 16.0 Å². The molecule has 1 heterocycles. The number of nitrogens with zero attached hydrogens (tertiary/aromatic N) is 1. The Morgan fingerprint density at radius 1 is 1.29 bits per heavy atom. The highest BCUT2D eigenvalue weighted by atomic mass is 32.2. The number of fused-ring (bicyclic) bond motifs is 1. The maximum Gasteiger partial charge on any atom is 0.349 e. The summed E-state index contributed by atoms with van der Waals surface area (Å²) >= 11 is 1.08. The highest BCUT2D eigenvalue weighted by molar-refractivity contribution is 7.89. The number of carbonyl (C=O) groups is 1. The normalized spacial score (nSPS) is 17.5. The molecule has 2 aromatic rings. The molecule has 0 saturated carbocycles. The molecular formula is C17H19NO4S2. The van der Waals surface area contributed by atoms with E-state index in [1.165, 1.54) is 23.0 Å². The molecule has 24 heavy (non-hydrogen) atoms. The number of ether oxygens (including phenoxy) is 1. The first kappa shape index (κ1) is 17.1. The van der Waals surface area contributed by atoms with Crippen molar-refractivity contribution in [2.24, 2.45) is 0 Å². The number of benzene rings is 1. The number of thiophene rings is 1. The molecule has 3 rings (SSSR count). The van der Waals surface area contributed by atoms with Crippen LogP contribution in [0.2, 0.25) is 0 Å². The molecule has 0 aliphatic heterocycles. The SMILES string of the molecule is COC(=O)c1sccc1S(=O)(=O)N(C)[C@H]1CCCc2ccccc21. The summed E-state index contributed by atoms with van der Waals surface area (Å²) in [5.74, 6) is -0.624. The second kappa shape index (κ2) is 6.66. The standard InChI is InChI=1S/C17H19NO4S2/c1-18(14-9-5-7-12-6-3-4-8-13(12)14)24(20,21)15-10-11-23-16(15)17(19)22-2/h3-4,6,8,10-11,14H,5,7,9H2,1-2H3/t14-/m0/s1. The van der Waals surface area contributed by atoms with Gasteiger partial charge in [-0.1, -0.05) is 24.3 Å². The van der Waals surface area contributed by atoms with E-state index in [2.05, 4.69) is 0 Å². The van der Waals surface area contributed by atoms with Gasteiger partial charge in [-0.05, 0) is 41.8 Å². The average molecular weight is 365 g/mol. The molecule has 0 saturated heterocycles. The number of aryl methyl sites for hydroxylation is 1. The van der Waals surface area contributed by atoms with Crippen LogP contribution in [-0.2, 0) is 21.2 Å². The molecule has 0 N–H and O–H groups in total. The second-order valence-electron chi connectivity index (χ2n) is 5.73. The van der Waals surface area contributed by atoms with Gasteiger partial charge in [0, 0.05) is 13.1 Å². The van der Waals surface area contributed by atoms with Gasteiger partial charge < -0.3 is 4.74 Å². The summed E-state index contributed by atoms with van der Waals surface area (Å²) in [6.07, 6.45) is 2.67. The average Bonchev–Trinajstić information content (AvgIpc) is 3.10. The maximum absolute atomic E-state index is 13.1. The highest BCUT2D eigenvalue weighted by Crippen LogP contribution is 2.37. The molecular weight excluding hydrogens is 346 g/mol. The molecule has 1 aromatic heterocycles. The van der Waals surface area contributed by atoms with Gasteiger partial charge in [-0.2, -0.15) is 4.31 Å². The van der Waals surface area contributed by atoms with Crippen molar-refractivity contribution in [1.82, 2.24) is 4.31 Å². The third kappa shape index (κ3) is 2.87. The molecule has 0 spiro atoms. The fourth-order valence-corrected chi connectivity index (χ4v) is 5.84. The van der Waals surface area contributed by atoms with Crippen LogP contribution < -0.4 is 0 Å². The van der Waals surface area contributed by atoms with Gasteiger partial charge in [-0.3, -0.25) is 0 Å². The van der Waals surface area contributed by atoms with E-state index in [1.807, 2.05) is 24.3 Å². The van der Waals surface area contributed by atoms with Crippen LogP contribution in [0.25, 0.3) is 0 Å². The zero-order chi connectivity index (χ0) is 17.3. The van der Waals surface area contributed by atoms with E-state index in [-0.39, 0.29) is 15.8 Å². The van der Waals surface area contributed by atoms with Crippen LogP contribution in [0, 0.1) is 0 Å². The maximum atomic E-state index is 13.1. The third-order valence-electron chi connectivity index (χ3n) is 4.43. The Kier molecular flexibility index (Phi) is 4.76. The lowest BCUT2D eigenvalue weighted by atomic mass is 9.88. The minimum absolute atomic E-state index is 0.0184. The van der Waals surface area contributed by atoms with Crippen molar-refractivity contribution in [1.29, 1.82) is 0 Å². The van der Waals surface area contributed by atoms with Gasteiger partial charge in [0.2, 0.25) is 10.0 Å². The Labute approximate surface area is 145 Å². The molecule has 1 atom stereocenters. The van der Waals surface area contributed by atoms with Crippen LogP contribution in [0.3, 0.4) is 0 Å². The van der Waals surface area contributed by atoms with Crippen LogP contribution in [0.4, 0.5) is 0 Å². The molecule has 5 nitrogen and oxygen atoms in total. The van der Waals surface area contributed by atoms with Gasteiger partial charge in [0.25, 0.3) is 0 Å². The van der Waals surface area contributed by atoms with Gasteiger partial charge >= 0.3 is 5.97 Å². The summed E-state index contributed by atoms with van der Waals surface area (Å²) in [5.41, 5.74) is 2.24. The number of methoxy groups -OCH3 is 1. The van der Waals surface area contributed by atoms with E-state index in [0.29, 0.717) is 0 Å². The van der Waals surface area contributed by atoms with Crippen LogP contribution in [-0.4, -0.2) is 32.8 Å². The summed E-state index contributed by atoms with van der Waals surface area (Å²) in [6.45, 7) is 0. The van der Waals surface area contributed by atoms with Crippen LogP contribution in [0.1, 0.15) is 39.7 Å². The first-order chi connectivity index (χ1) is 11.5. The third-order valence-corrected chi connectivity index (χ3v) is 7.37. The molecule has 0 fully saturated rings. The number of carbonyl (C=O) groups excluding carboxylic acids is 1. The van der Waals surface area contributed by atoms with Gasteiger partial charge in [-0.25, -0.2) is 13.2 Å². The van der Waals surface area contributed by atoms with Crippen molar-refractivity contribution in [3.05, 3.63) is 51.7 Å². The lowest BCUT2D eigenvalue weighted by Crippen LogP contribution is -2.33. The fourth-order valence-electron chi connectivity index (χ4n) is 3.17. The predicted octanol–water partition coefficient (Wildman–Crippen LogP) is 3.23. The van der Waals surface area contributed by atoms with Crippen molar-refractivity contribution in [2.45, 2.75) is 30.2 Å². The minimum atomic E-state index is -3.78. The van der Waals surface area contributed by atoms with Crippen LogP contribution in [0.5, 0.6) is 0 Å². The highest BCUT2D eigenvalue weighted by Gasteiger charge is 2.35. The number of esters is 1. The van der Waals surface area contributed by atoms with Crippen molar-refractivity contribution < 1.29 is 17.9 Å². The smallest absolute Gasteiger partial charge is 0.349 e. The Balaban J connectivity index is 2.00. The largest absolute Gasteiger partial charge is 0.465 e. The predicted molar refractivity (Wildman–Crippen MR) is 92.7 cm³/mol. The zero-order valence-electron chi connectivity index (χ0n) is 13.6.